The molecular weight excluding hydrogens is 284 g/mol. The van der Waals surface area contributed by atoms with Crippen molar-refractivity contribution in [2.45, 2.75) is 30.8 Å². The number of rotatable bonds is 6. The van der Waals surface area contributed by atoms with Gasteiger partial charge in [0.05, 0.1) is 12.0 Å². The van der Waals surface area contributed by atoms with E-state index in [2.05, 4.69) is 9.97 Å². The number of aromatic nitrogens is 2. The summed E-state index contributed by atoms with van der Waals surface area (Å²) in [4.78, 5) is 37.4. The summed E-state index contributed by atoms with van der Waals surface area (Å²) in [7, 11) is 0. The van der Waals surface area contributed by atoms with Gasteiger partial charge < -0.3 is 26.4 Å². The molecule has 1 aromatic rings. The number of carbonyl (C=O) groups is 3. The van der Waals surface area contributed by atoms with E-state index in [-0.39, 0.29) is 11.5 Å². The van der Waals surface area contributed by atoms with Gasteiger partial charge >= 0.3 is 5.97 Å². The molecule has 0 spiro atoms. The Kier molecular flexibility index (Phi) is 9.26. The lowest BCUT2D eigenvalue weighted by Gasteiger charge is -2.05. The van der Waals surface area contributed by atoms with Crippen LogP contribution in [-0.4, -0.2) is 45.0 Å². The number of aromatic amines is 1. The van der Waals surface area contributed by atoms with Crippen LogP contribution in [0.2, 0.25) is 0 Å². The van der Waals surface area contributed by atoms with Gasteiger partial charge in [-0.25, -0.2) is 4.98 Å². The van der Waals surface area contributed by atoms with E-state index in [1.807, 2.05) is 0 Å². The minimum atomic E-state index is -1.08. The van der Waals surface area contributed by atoms with Crippen LogP contribution in [0, 0.1) is 0 Å². The van der Waals surface area contributed by atoms with E-state index in [1.165, 1.54) is 13.3 Å². The first-order valence-corrected chi connectivity index (χ1v) is 6.56. The molecule has 6 N–H and O–H groups in total. The van der Waals surface area contributed by atoms with Crippen molar-refractivity contribution in [2.24, 2.45) is 11.5 Å². The van der Waals surface area contributed by atoms with Gasteiger partial charge in [0, 0.05) is 19.8 Å². The number of thioether (sulfide) groups is 1. The van der Waals surface area contributed by atoms with Crippen LogP contribution < -0.4 is 11.5 Å². The number of imidazole rings is 1. The maximum atomic E-state index is 10.8. The molecule has 20 heavy (non-hydrogen) atoms. The Bertz CT molecular complexity index is 449. The Labute approximate surface area is 120 Å². The molecule has 1 heterocycles. The number of nitrogens with zero attached hydrogens (tertiary/aromatic N) is 1. The van der Waals surface area contributed by atoms with Gasteiger partial charge in [-0.2, -0.15) is 0 Å². The van der Waals surface area contributed by atoms with Crippen molar-refractivity contribution >= 4 is 29.1 Å². The zero-order valence-electron chi connectivity index (χ0n) is 11.0. The van der Waals surface area contributed by atoms with Crippen molar-refractivity contribution in [3.63, 3.8) is 0 Å². The van der Waals surface area contributed by atoms with Gasteiger partial charge in [-0.3, -0.25) is 9.59 Å². The molecule has 1 atom stereocenters. The normalized spacial score (nSPS) is 11.2. The smallest absolute Gasteiger partial charge is 0.320 e. The Morgan fingerprint density at radius 2 is 2.25 bits per heavy atom. The average Bonchev–Trinajstić information content (AvgIpc) is 2.77. The van der Waals surface area contributed by atoms with Gasteiger partial charge in [-0.05, 0) is 18.3 Å². The summed E-state index contributed by atoms with van der Waals surface area (Å²) in [5.41, 5.74) is 10.8. The van der Waals surface area contributed by atoms with Crippen molar-refractivity contribution in [1.82, 2.24) is 9.97 Å². The molecule has 1 rings (SSSR count). The summed E-state index contributed by atoms with van der Waals surface area (Å²) < 4.78 is 0. The van der Waals surface area contributed by atoms with Crippen molar-refractivity contribution < 1.29 is 19.5 Å². The van der Waals surface area contributed by atoms with Gasteiger partial charge in [0.25, 0.3) is 0 Å². The predicted molar refractivity (Wildman–Crippen MR) is 74.2 cm³/mol. The summed E-state index contributed by atoms with van der Waals surface area (Å²) in [6, 6.07) is -0.989. The number of hydrogen-bond donors (Lipinski definition) is 4. The maximum Gasteiger partial charge on any atom is 0.320 e. The number of aldehydes is 1. The lowest BCUT2D eigenvalue weighted by atomic mass is 10.2. The quantitative estimate of drug-likeness (QED) is 0.406. The Morgan fingerprint density at radius 3 is 2.65 bits per heavy atom. The first-order chi connectivity index (χ1) is 9.42. The zero-order chi connectivity index (χ0) is 15.5. The lowest BCUT2D eigenvalue weighted by Crippen LogP contribution is -2.32. The molecular formula is C11H18N4O4S. The number of carbonyl (C=O) groups excluding carboxylic acids is 2. The second kappa shape index (κ2) is 10.1. The molecule has 0 saturated heterocycles. The van der Waals surface area contributed by atoms with E-state index in [0.29, 0.717) is 23.7 Å². The van der Waals surface area contributed by atoms with E-state index in [0.717, 1.165) is 18.0 Å². The SMILES string of the molecule is CC(=O)Sc1nc[nH]c1CC(N)C(=O)O.NCCC=O. The van der Waals surface area contributed by atoms with Crippen LogP contribution in [0.3, 0.4) is 0 Å². The van der Waals surface area contributed by atoms with Crippen molar-refractivity contribution in [2.75, 3.05) is 6.54 Å². The number of carboxylic acids is 1. The van der Waals surface area contributed by atoms with Crippen LogP contribution in [-0.2, 0) is 20.8 Å². The van der Waals surface area contributed by atoms with Crippen LogP contribution in [0.1, 0.15) is 19.0 Å². The minimum Gasteiger partial charge on any atom is -0.480 e. The first kappa shape index (κ1) is 18.3. The summed E-state index contributed by atoms with van der Waals surface area (Å²) in [5.74, 6) is -1.08. The average molecular weight is 302 g/mol. The van der Waals surface area contributed by atoms with Crippen LogP contribution >= 0.6 is 11.8 Å². The van der Waals surface area contributed by atoms with Crippen molar-refractivity contribution in [1.29, 1.82) is 0 Å². The number of nitrogens with one attached hydrogen (secondary N) is 1. The Balaban J connectivity index is 0.000000621. The monoisotopic (exact) mass is 302 g/mol. The van der Waals surface area contributed by atoms with Crippen LogP contribution in [0.25, 0.3) is 0 Å². The number of aliphatic carboxylic acids is 1. The minimum absolute atomic E-state index is 0.104. The fourth-order valence-electron chi connectivity index (χ4n) is 1.05. The van der Waals surface area contributed by atoms with E-state index in [1.54, 1.807) is 0 Å². The Hall–Kier alpha value is -1.71. The predicted octanol–water partition coefficient (Wildman–Crippen LogP) is -0.463. The molecule has 0 saturated carbocycles. The third-order valence-corrected chi connectivity index (χ3v) is 2.78. The van der Waals surface area contributed by atoms with Crippen LogP contribution in [0.5, 0.6) is 0 Å². The maximum absolute atomic E-state index is 10.8. The molecule has 0 bridgehead atoms. The summed E-state index contributed by atoms with van der Waals surface area (Å²) in [6.45, 7) is 1.89. The molecule has 0 radical (unpaired) electrons. The number of carboxylic acid groups (broad SMARTS) is 1. The molecule has 0 aliphatic rings. The van der Waals surface area contributed by atoms with E-state index in [9.17, 15) is 14.4 Å². The molecule has 0 aliphatic carbocycles. The second-order valence-electron chi connectivity index (χ2n) is 3.67. The molecule has 8 nitrogen and oxygen atoms in total. The highest BCUT2D eigenvalue weighted by Gasteiger charge is 2.17. The highest BCUT2D eigenvalue weighted by atomic mass is 32.2. The number of nitrogens with two attached hydrogens (primary N) is 2. The molecule has 0 fully saturated rings. The largest absolute Gasteiger partial charge is 0.480 e. The van der Waals surface area contributed by atoms with Gasteiger partial charge in [-0.15, -0.1) is 0 Å². The molecule has 0 aromatic carbocycles. The molecule has 1 unspecified atom stereocenters. The molecule has 0 aliphatic heterocycles. The van der Waals surface area contributed by atoms with Crippen molar-refractivity contribution in [3.8, 4) is 0 Å². The van der Waals surface area contributed by atoms with E-state index in [4.69, 9.17) is 16.6 Å². The number of hydrogen-bond acceptors (Lipinski definition) is 7. The van der Waals surface area contributed by atoms with Gasteiger partial charge in [-0.1, -0.05) is 0 Å². The lowest BCUT2D eigenvalue weighted by molar-refractivity contribution is -0.138. The second-order valence-corrected chi connectivity index (χ2v) is 4.84. The fraction of sp³-hybridized carbons (Fsp3) is 0.455. The topological polar surface area (TPSA) is 152 Å². The molecule has 0 amide bonds. The summed E-state index contributed by atoms with van der Waals surface area (Å²) >= 11 is 0.956. The highest BCUT2D eigenvalue weighted by Crippen LogP contribution is 2.20. The fourth-order valence-corrected chi connectivity index (χ4v) is 1.70. The summed E-state index contributed by atoms with van der Waals surface area (Å²) in [6.07, 6.45) is 2.83. The molecule has 112 valence electrons. The standard InChI is InChI=1S/C8H11N3O3S.C3H7NO/c1-4(12)15-7-6(10-3-11-7)2-5(9)8(13)14;4-2-1-3-5/h3,5H,2,9H2,1H3,(H,10,11)(H,13,14);3H,1-2,4H2. The molecule has 9 heteroatoms. The van der Waals surface area contributed by atoms with E-state index < -0.39 is 12.0 Å². The van der Waals surface area contributed by atoms with Gasteiger partial charge in [0.1, 0.15) is 17.4 Å². The van der Waals surface area contributed by atoms with Gasteiger partial charge in [0.2, 0.25) is 0 Å². The highest BCUT2D eigenvalue weighted by molar-refractivity contribution is 8.13. The van der Waals surface area contributed by atoms with Crippen LogP contribution in [0.4, 0.5) is 0 Å². The van der Waals surface area contributed by atoms with Crippen molar-refractivity contribution in [3.05, 3.63) is 12.0 Å². The third kappa shape index (κ3) is 7.67. The number of H-pyrrole nitrogens is 1. The third-order valence-electron chi connectivity index (χ3n) is 1.94. The van der Waals surface area contributed by atoms with Gasteiger partial charge in [0.15, 0.2) is 5.12 Å². The molecule has 1 aromatic heterocycles. The Morgan fingerprint density at radius 1 is 1.60 bits per heavy atom. The first-order valence-electron chi connectivity index (χ1n) is 5.75. The van der Waals surface area contributed by atoms with Crippen LogP contribution in [0.15, 0.2) is 11.4 Å². The zero-order valence-corrected chi connectivity index (χ0v) is 11.9. The van der Waals surface area contributed by atoms with E-state index >= 15 is 0 Å². The summed E-state index contributed by atoms with van der Waals surface area (Å²) in [5, 5.41) is 9.00.